The van der Waals surface area contributed by atoms with Gasteiger partial charge in [0, 0.05) is 0 Å². The molecule has 0 saturated carbocycles. The van der Waals surface area contributed by atoms with Crippen LogP contribution >= 0.6 is 0 Å². The molecule has 0 atom stereocenters. The summed E-state index contributed by atoms with van der Waals surface area (Å²) in [7, 11) is 1.68. The first-order valence-electron chi connectivity index (χ1n) is 4.19. The summed E-state index contributed by atoms with van der Waals surface area (Å²) < 4.78 is 5.14. The molecule has 0 heterocycles. The van der Waals surface area contributed by atoms with Gasteiger partial charge in [0.05, 0.1) is 7.11 Å². The molecule has 2 aromatic carbocycles. The van der Waals surface area contributed by atoms with Crippen molar-refractivity contribution in [3.8, 4) is 5.75 Å². The number of hydrogen-bond donors (Lipinski definition) is 0. The molecule has 0 aromatic heterocycles. The molecule has 0 unspecified atom stereocenters. The van der Waals surface area contributed by atoms with Gasteiger partial charge in [-0.3, -0.25) is 0 Å². The van der Waals surface area contributed by atoms with Crippen LogP contribution in [-0.4, -0.2) is 7.11 Å². The van der Waals surface area contributed by atoms with Crippen molar-refractivity contribution in [3.63, 3.8) is 0 Å². The fraction of sp³-hybridized carbons (Fsp3) is 0.0833. The highest BCUT2D eigenvalue weighted by Crippen LogP contribution is 2.21. The molecular weight excluding hydrogens is 160 g/mol. The van der Waals surface area contributed by atoms with Gasteiger partial charge < -0.3 is 4.74 Å². The number of fused-ring (bicyclic) bond motifs is 1. The standard InChI is InChI=1S/C12H11O/c1-9-3-4-11-8-12(13-2)6-5-10(11)7-9/h3-8H,1H2,2H3. The number of rotatable bonds is 1. The summed E-state index contributed by atoms with van der Waals surface area (Å²) in [4.78, 5) is 0. The van der Waals surface area contributed by atoms with Crippen molar-refractivity contribution in [2.45, 2.75) is 0 Å². The van der Waals surface area contributed by atoms with Gasteiger partial charge in [-0.2, -0.15) is 0 Å². The van der Waals surface area contributed by atoms with E-state index in [0.717, 1.165) is 11.3 Å². The van der Waals surface area contributed by atoms with Crippen molar-refractivity contribution in [1.82, 2.24) is 0 Å². The molecule has 1 radical (unpaired) electrons. The van der Waals surface area contributed by atoms with Crippen LogP contribution in [0.3, 0.4) is 0 Å². The summed E-state index contributed by atoms with van der Waals surface area (Å²) in [5.41, 5.74) is 1.04. The van der Waals surface area contributed by atoms with Gasteiger partial charge in [-0.05, 0) is 35.4 Å². The predicted octanol–water partition coefficient (Wildman–Crippen LogP) is 3.03. The second-order valence-electron chi connectivity index (χ2n) is 3.05. The molecule has 2 aromatic rings. The van der Waals surface area contributed by atoms with Crippen LogP contribution in [-0.2, 0) is 0 Å². The highest BCUT2D eigenvalue weighted by molar-refractivity contribution is 5.84. The van der Waals surface area contributed by atoms with E-state index in [4.69, 9.17) is 4.74 Å². The summed E-state index contributed by atoms with van der Waals surface area (Å²) in [5.74, 6) is 0.893. The Morgan fingerprint density at radius 1 is 1.00 bits per heavy atom. The highest BCUT2D eigenvalue weighted by atomic mass is 16.5. The Morgan fingerprint density at radius 3 is 2.46 bits per heavy atom. The Bertz CT molecular complexity index is 432. The second kappa shape index (κ2) is 3.09. The number of hydrogen-bond acceptors (Lipinski definition) is 1. The molecule has 1 heteroatoms. The molecule has 0 N–H and O–H groups in total. The van der Waals surface area contributed by atoms with Crippen LogP contribution in [0.5, 0.6) is 5.75 Å². The van der Waals surface area contributed by atoms with Crippen molar-refractivity contribution >= 4 is 10.8 Å². The number of ether oxygens (including phenoxy) is 1. The smallest absolute Gasteiger partial charge is 0.119 e. The first-order chi connectivity index (χ1) is 6.29. The van der Waals surface area contributed by atoms with Crippen LogP contribution in [0.1, 0.15) is 5.56 Å². The minimum Gasteiger partial charge on any atom is -0.497 e. The van der Waals surface area contributed by atoms with E-state index < -0.39 is 0 Å². The quantitative estimate of drug-likeness (QED) is 0.640. The molecular formula is C12H11O. The van der Waals surface area contributed by atoms with Crippen LogP contribution < -0.4 is 4.74 Å². The lowest BCUT2D eigenvalue weighted by atomic mass is 10.1. The zero-order valence-electron chi connectivity index (χ0n) is 7.58. The van der Waals surface area contributed by atoms with Gasteiger partial charge >= 0.3 is 0 Å². The van der Waals surface area contributed by atoms with Gasteiger partial charge in [0.2, 0.25) is 0 Å². The largest absolute Gasteiger partial charge is 0.497 e. The Morgan fingerprint density at radius 2 is 1.69 bits per heavy atom. The van der Waals surface area contributed by atoms with Crippen molar-refractivity contribution in [3.05, 3.63) is 48.9 Å². The van der Waals surface area contributed by atoms with Gasteiger partial charge in [-0.25, -0.2) is 0 Å². The average molecular weight is 171 g/mol. The van der Waals surface area contributed by atoms with Crippen LogP contribution in [0.2, 0.25) is 0 Å². The lowest BCUT2D eigenvalue weighted by Crippen LogP contribution is -1.82. The molecule has 0 spiro atoms. The lowest BCUT2D eigenvalue weighted by molar-refractivity contribution is 0.415. The molecule has 0 saturated heterocycles. The summed E-state index contributed by atoms with van der Waals surface area (Å²) in [6, 6.07) is 12.1. The third kappa shape index (κ3) is 1.50. The normalized spacial score (nSPS) is 10.3. The van der Waals surface area contributed by atoms with Gasteiger partial charge in [0.25, 0.3) is 0 Å². The van der Waals surface area contributed by atoms with E-state index in [1.54, 1.807) is 7.11 Å². The molecule has 0 amide bonds. The zero-order valence-corrected chi connectivity index (χ0v) is 7.58. The van der Waals surface area contributed by atoms with E-state index in [1.807, 2.05) is 24.3 Å². The first kappa shape index (κ1) is 8.11. The summed E-state index contributed by atoms with van der Waals surface area (Å²) in [6.45, 7) is 3.88. The topological polar surface area (TPSA) is 9.23 Å². The second-order valence-corrected chi connectivity index (χ2v) is 3.05. The number of methoxy groups -OCH3 is 1. The molecule has 0 aliphatic rings. The van der Waals surface area contributed by atoms with Gasteiger partial charge in [-0.15, -0.1) is 0 Å². The van der Waals surface area contributed by atoms with Crippen LogP contribution in [0, 0.1) is 6.92 Å². The molecule has 65 valence electrons. The van der Waals surface area contributed by atoms with E-state index in [0.29, 0.717) is 0 Å². The minimum absolute atomic E-state index is 0.893. The predicted molar refractivity (Wildman–Crippen MR) is 55.0 cm³/mol. The minimum atomic E-state index is 0.893. The van der Waals surface area contributed by atoms with Crippen molar-refractivity contribution in [1.29, 1.82) is 0 Å². The maximum absolute atomic E-state index is 5.14. The van der Waals surface area contributed by atoms with Crippen molar-refractivity contribution < 1.29 is 4.74 Å². The maximum Gasteiger partial charge on any atom is 0.119 e. The van der Waals surface area contributed by atoms with Crippen LogP contribution in [0.25, 0.3) is 10.8 Å². The molecule has 1 nitrogen and oxygen atoms in total. The fourth-order valence-electron chi connectivity index (χ4n) is 1.40. The van der Waals surface area contributed by atoms with E-state index in [1.165, 1.54) is 10.8 Å². The third-order valence-corrected chi connectivity index (χ3v) is 2.11. The van der Waals surface area contributed by atoms with E-state index >= 15 is 0 Å². The summed E-state index contributed by atoms with van der Waals surface area (Å²) in [6.07, 6.45) is 0. The van der Waals surface area contributed by atoms with Crippen molar-refractivity contribution in [2.75, 3.05) is 7.11 Å². The molecule has 0 fully saturated rings. The van der Waals surface area contributed by atoms with Gasteiger partial charge in [0.1, 0.15) is 5.75 Å². The molecule has 0 aliphatic heterocycles. The summed E-state index contributed by atoms with van der Waals surface area (Å²) in [5, 5.41) is 2.39. The Balaban J connectivity index is 2.66. The van der Waals surface area contributed by atoms with E-state index in [2.05, 4.69) is 19.1 Å². The maximum atomic E-state index is 5.14. The highest BCUT2D eigenvalue weighted by Gasteiger charge is 1.95. The monoisotopic (exact) mass is 171 g/mol. The fourth-order valence-corrected chi connectivity index (χ4v) is 1.40. The molecule has 0 aliphatic carbocycles. The van der Waals surface area contributed by atoms with E-state index in [-0.39, 0.29) is 0 Å². The van der Waals surface area contributed by atoms with Gasteiger partial charge in [-0.1, -0.05) is 24.3 Å². The Labute approximate surface area is 78.0 Å². The first-order valence-corrected chi connectivity index (χ1v) is 4.19. The van der Waals surface area contributed by atoms with Crippen LogP contribution in [0.15, 0.2) is 36.4 Å². The molecule has 13 heavy (non-hydrogen) atoms. The lowest BCUT2D eigenvalue weighted by Gasteiger charge is -2.02. The Kier molecular flexibility index (Phi) is 1.93. The van der Waals surface area contributed by atoms with Gasteiger partial charge in [0.15, 0.2) is 0 Å². The van der Waals surface area contributed by atoms with E-state index in [9.17, 15) is 0 Å². The summed E-state index contributed by atoms with van der Waals surface area (Å²) >= 11 is 0. The SMILES string of the molecule is [CH2]c1ccc2cc(OC)ccc2c1. The third-order valence-electron chi connectivity index (χ3n) is 2.11. The Hall–Kier alpha value is -1.50. The average Bonchev–Trinajstić information content (AvgIpc) is 2.17. The molecule has 2 rings (SSSR count). The molecule has 0 bridgehead atoms. The zero-order chi connectivity index (χ0) is 9.26. The van der Waals surface area contributed by atoms with Crippen molar-refractivity contribution in [2.24, 2.45) is 0 Å². The van der Waals surface area contributed by atoms with Crippen LogP contribution in [0.4, 0.5) is 0 Å². The number of benzene rings is 2.